The summed E-state index contributed by atoms with van der Waals surface area (Å²) in [6, 6.07) is 7.49. The Morgan fingerprint density at radius 3 is 2.56 bits per heavy atom. The second kappa shape index (κ2) is 7.33. The van der Waals surface area contributed by atoms with Crippen molar-refractivity contribution in [1.29, 1.82) is 0 Å². The summed E-state index contributed by atoms with van der Waals surface area (Å²) in [7, 11) is 0. The fourth-order valence-corrected chi connectivity index (χ4v) is 1.37. The van der Waals surface area contributed by atoms with E-state index in [0.29, 0.717) is 18.8 Å². The molecule has 96 valence electrons. The number of ether oxygens (including phenoxy) is 2. The summed E-state index contributed by atoms with van der Waals surface area (Å²) >= 11 is 0. The van der Waals surface area contributed by atoms with Crippen LogP contribution in [0.5, 0.6) is 5.75 Å². The molecule has 0 heterocycles. The predicted octanol–water partition coefficient (Wildman–Crippen LogP) is 3.22. The second-order valence-electron chi connectivity index (χ2n) is 3.72. The summed E-state index contributed by atoms with van der Waals surface area (Å²) in [5, 5.41) is 0. The van der Waals surface area contributed by atoms with Crippen molar-refractivity contribution in [3.8, 4) is 5.75 Å². The van der Waals surface area contributed by atoms with Gasteiger partial charge in [-0.05, 0) is 37.6 Å². The fourth-order valence-electron chi connectivity index (χ4n) is 1.37. The molecular weight excluding hydrogens is 228 g/mol. The van der Waals surface area contributed by atoms with Gasteiger partial charge in [0.15, 0.2) is 0 Å². The van der Waals surface area contributed by atoms with E-state index in [4.69, 9.17) is 9.47 Å². The van der Waals surface area contributed by atoms with Crippen LogP contribution in [-0.2, 0) is 9.53 Å². The van der Waals surface area contributed by atoms with Crippen LogP contribution in [0.1, 0.15) is 19.4 Å². The maximum atomic E-state index is 11.4. The average molecular weight is 246 g/mol. The number of esters is 1. The normalized spacial score (nSPS) is 10.9. The molecule has 0 radical (unpaired) electrons. The van der Waals surface area contributed by atoms with E-state index in [9.17, 15) is 4.79 Å². The van der Waals surface area contributed by atoms with Gasteiger partial charge in [0.2, 0.25) is 0 Å². The lowest BCUT2D eigenvalue weighted by Crippen LogP contribution is -2.04. The SMILES string of the molecule is C=CCOc1ccc(/C=C(\C)C(=O)OCC)cc1. The summed E-state index contributed by atoms with van der Waals surface area (Å²) in [6.45, 7) is 7.98. The van der Waals surface area contributed by atoms with Crippen LogP contribution in [0, 0.1) is 0 Å². The zero-order valence-electron chi connectivity index (χ0n) is 10.8. The van der Waals surface area contributed by atoms with Crippen molar-refractivity contribution in [2.75, 3.05) is 13.2 Å². The van der Waals surface area contributed by atoms with E-state index in [1.54, 1.807) is 26.0 Å². The van der Waals surface area contributed by atoms with E-state index >= 15 is 0 Å². The minimum Gasteiger partial charge on any atom is -0.490 e. The molecule has 0 aliphatic heterocycles. The van der Waals surface area contributed by atoms with Crippen molar-refractivity contribution in [2.45, 2.75) is 13.8 Å². The zero-order valence-corrected chi connectivity index (χ0v) is 10.8. The van der Waals surface area contributed by atoms with Crippen molar-refractivity contribution in [1.82, 2.24) is 0 Å². The lowest BCUT2D eigenvalue weighted by atomic mass is 10.1. The third-order valence-corrected chi connectivity index (χ3v) is 2.23. The van der Waals surface area contributed by atoms with Gasteiger partial charge in [-0.2, -0.15) is 0 Å². The van der Waals surface area contributed by atoms with Gasteiger partial charge >= 0.3 is 5.97 Å². The molecular formula is C15H18O3. The third-order valence-electron chi connectivity index (χ3n) is 2.23. The largest absolute Gasteiger partial charge is 0.490 e. The molecule has 1 aromatic rings. The van der Waals surface area contributed by atoms with Crippen molar-refractivity contribution in [3.05, 3.63) is 48.1 Å². The van der Waals surface area contributed by atoms with Gasteiger partial charge in [-0.3, -0.25) is 0 Å². The molecule has 0 aliphatic carbocycles. The van der Waals surface area contributed by atoms with Crippen LogP contribution >= 0.6 is 0 Å². The molecule has 0 saturated heterocycles. The van der Waals surface area contributed by atoms with Crippen LogP contribution in [0.15, 0.2) is 42.5 Å². The van der Waals surface area contributed by atoms with E-state index in [1.165, 1.54) is 0 Å². The van der Waals surface area contributed by atoms with Crippen LogP contribution in [0.3, 0.4) is 0 Å². The molecule has 0 fully saturated rings. The van der Waals surface area contributed by atoms with Crippen molar-refractivity contribution >= 4 is 12.0 Å². The van der Waals surface area contributed by atoms with Gasteiger partial charge in [0.25, 0.3) is 0 Å². The van der Waals surface area contributed by atoms with E-state index in [1.807, 2.05) is 24.3 Å². The highest BCUT2D eigenvalue weighted by Crippen LogP contribution is 2.15. The van der Waals surface area contributed by atoms with Crippen LogP contribution in [0.25, 0.3) is 6.08 Å². The summed E-state index contributed by atoms with van der Waals surface area (Å²) < 4.78 is 10.3. The van der Waals surface area contributed by atoms with Crippen LogP contribution < -0.4 is 4.74 Å². The quantitative estimate of drug-likeness (QED) is 0.439. The van der Waals surface area contributed by atoms with Gasteiger partial charge in [-0.1, -0.05) is 24.8 Å². The van der Waals surface area contributed by atoms with Crippen LogP contribution in [-0.4, -0.2) is 19.2 Å². The van der Waals surface area contributed by atoms with Crippen molar-refractivity contribution in [2.24, 2.45) is 0 Å². The Morgan fingerprint density at radius 1 is 1.33 bits per heavy atom. The number of hydrogen-bond donors (Lipinski definition) is 0. The predicted molar refractivity (Wildman–Crippen MR) is 72.4 cm³/mol. The minimum absolute atomic E-state index is 0.288. The Kier molecular flexibility index (Phi) is 5.71. The highest BCUT2D eigenvalue weighted by Gasteiger charge is 2.04. The molecule has 0 aromatic heterocycles. The first-order chi connectivity index (χ1) is 8.67. The third kappa shape index (κ3) is 4.45. The number of rotatable bonds is 6. The van der Waals surface area contributed by atoms with Gasteiger partial charge in [-0.15, -0.1) is 0 Å². The first kappa shape index (κ1) is 14.0. The molecule has 0 bridgehead atoms. The van der Waals surface area contributed by atoms with Gasteiger partial charge in [0, 0.05) is 5.57 Å². The Bertz CT molecular complexity index is 430. The zero-order chi connectivity index (χ0) is 13.4. The van der Waals surface area contributed by atoms with E-state index in [0.717, 1.165) is 11.3 Å². The fraction of sp³-hybridized carbons (Fsp3) is 0.267. The summed E-state index contributed by atoms with van der Waals surface area (Å²) in [5.74, 6) is 0.491. The van der Waals surface area contributed by atoms with E-state index < -0.39 is 0 Å². The molecule has 0 amide bonds. The molecule has 3 heteroatoms. The van der Waals surface area contributed by atoms with Crippen LogP contribution in [0.2, 0.25) is 0 Å². The molecule has 18 heavy (non-hydrogen) atoms. The molecule has 0 spiro atoms. The Hall–Kier alpha value is -2.03. The molecule has 0 saturated carbocycles. The first-order valence-electron chi connectivity index (χ1n) is 5.86. The maximum absolute atomic E-state index is 11.4. The molecule has 1 aromatic carbocycles. The second-order valence-corrected chi connectivity index (χ2v) is 3.72. The monoisotopic (exact) mass is 246 g/mol. The van der Waals surface area contributed by atoms with Gasteiger partial charge < -0.3 is 9.47 Å². The topological polar surface area (TPSA) is 35.5 Å². The molecule has 0 N–H and O–H groups in total. The first-order valence-corrected chi connectivity index (χ1v) is 5.86. The minimum atomic E-state index is -0.288. The number of carbonyl (C=O) groups is 1. The summed E-state index contributed by atoms with van der Waals surface area (Å²) in [4.78, 5) is 11.4. The average Bonchev–Trinajstić information content (AvgIpc) is 2.38. The smallest absolute Gasteiger partial charge is 0.333 e. The standard InChI is InChI=1S/C15H18O3/c1-4-10-18-14-8-6-13(7-9-14)11-12(3)15(16)17-5-2/h4,6-9,11H,1,5,10H2,2-3H3/b12-11+. The Balaban J connectivity index is 2.70. The summed E-state index contributed by atoms with van der Waals surface area (Å²) in [5.41, 5.74) is 1.52. The van der Waals surface area contributed by atoms with Gasteiger partial charge in [-0.25, -0.2) is 4.79 Å². The van der Waals surface area contributed by atoms with Gasteiger partial charge in [0.1, 0.15) is 12.4 Å². The highest BCUT2D eigenvalue weighted by molar-refractivity contribution is 5.92. The van der Waals surface area contributed by atoms with Gasteiger partial charge in [0.05, 0.1) is 6.61 Å². The number of benzene rings is 1. The Labute approximate surface area is 108 Å². The van der Waals surface area contributed by atoms with E-state index in [2.05, 4.69) is 6.58 Å². The molecule has 1 rings (SSSR count). The Morgan fingerprint density at radius 2 is 2.00 bits per heavy atom. The lowest BCUT2D eigenvalue weighted by Gasteiger charge is -2.04. The number of carbonyl (C=O) groups excluding carboxylic acids is 1. The summed E-state index contributed by atoms with van der Waals surface area (Å²) in [6.07, 6.45) is 3.48. The molecule has 0 unspecified atom stereocenters. The molecule has 0 atom stereocenters. The van der Waals surface area contributed by atoms with Crippen LogP contribution in [0.4, 0.5) is 0 Å². The molecule has 0 aliphatic rings. The van der Waals surface area contributed by atoms with Crippen molar-refractivity contribution in [3.63, 3.8) is 0 Å². The van der Waals surface area contributed by atoms with Crippen molar-refractivity contribution < 1.29 is 14.3 Å². The van der Waals surface area contributed by atoms with E-state index in [-0.39, 0.29) is 5.97 Å². The lowest BCUT2D eigenvalue weighted by molar-refractivity contribution is -0.138. The number of hydrogen-bond acceptors (Lipinski definition) is 3. The highest BCUT2D eigenvalue weighted by atomic mass is 16.5. The maximum Gasteiger partial charge on any atom is 0.333 e. The molecule has 3 nitrogen and oxygen atoms in total.